The molecule has 0 unspecified atom stereocenters. The minimum absolute atomic E-state index is 0. The highest BCUT2D eigenvalue weighted by atomic mass is 35.5. The molecule has 108 valence electrons. The molecule has 4 heteroatoms. The van der Waals surface area contributed by atoms with Crippen molar-refractivity contribution < 1.29 is 9.84 Å². The second-order valence-electron chi connectivity index (χ2n) is 5.07. The smallest absolute Gasteiger partial charge is 0.119 e. The molecule has 2 atom stereocenters. The van der Waals surface area contributed by atoms with Crippen LogP contribution >= 0.6 is 12.4 Å². The van der Waals surface area contributed by atoms with Crippen molar-refractivity contribution in [1.29, 1.82) is 0 Å². The Bertz CT molecular complexity index is 356. The fourth-order valence-electron chi connectivity index (χ4n) is 2.40. The number of ether oxygens (including phenoxy) is 1. The van der Waals surface area contributed by atoms with E-state index in [1.807, 2.05) is 24.3 Å². The molecule has 1 aromatic carbocycles. The van der Waals surface area contributed by atoms with E-state index in [1.54, 1.807) is 0 Å². The third kappa shape index (κ3) is 5.39. The van der Waals surface area contributed by atoms with Gasteiger partial charge in [-0.3, -0.25) is 0 Å². The lowest BCUT2D eigenvalue weighted by molar-refractivity contribution is 0.0890. The molecule has 0 heterocycles. The van der Waals surface area contributed by atoms with Crippen LogP contribution < -0.4 is 10.1 Å². The van der Waals surface area contributed by atoms with Crippen LogP contribution in [-0.4, -0.2) is 30.4 Å². The summed E-state index contributed by atoms with van der Waals surface area (Å²) in [4.78, 5) is 0. The number of nitrogens with one attached hydrogen (secondary N) is 1. The summed E-state index contributed by atoms with van der Waals surface area (Å²) in [6, 6.07) is 8.33. The van der Waals surface area contributed by atoms with Crippen molar-refractivity contribution in [2.45, 2.75) is 44.8 Å². The first-order valence-electron chi connectivity index (χ1n) is 6.86. The quantitative estimate of drug-likeness (QED) is 0.818. The monoisotopic (exact) mass is 285 g/mol. The average Bonchev–Trinajstić information content (AvgIpc) is 2.39. The van der Waals surface area contributed by atoms with Gasteiger partial charge in [0.25, 0.3) is 0 Å². The number of halogens is 1. The molecule has 2 rings (SSSR count). The molecule has 0 saturated heterocycles. The third-order valence-electron chi connectivity index (χ3n) is 3.53. The number of aryl methyl sites for hydroxylation is 1. The zero-order chi connectivity index (χ0) is 12.8. The van der Waals surface area contributed by atoms with Crippen molar-refractivity contribution in [3.05, 3.63) is 29.8 Å². The van der Waals surface area contributed by atoms with Crippen molar-refractivity contribution in [2.24, 2.45) is 0 Å². The SMILES string of the molecule is Cc1ccc(OCCN[C@@H]2CCCC[C@H]2O)cc1.Cl. The predicted molar refractivity (Wildman–Crippen MR) is 80.2 cm³/mol. The van der Waals surface area contributed by atoms with Crippen LogP contribution in [0.1, 0.15) is 31.2 Å². The Hall–Kier alpha value is -0.770. The Morgan fingerprint density at radius 3 is 2.58 bits per heavy atom. The maximum atomic E-state index is 9.81. The third-order valence-corrected chi connectivity index (χ3v) is 3.53. The summed E-state index contributed by atoms with van der Waals surface area (Å²) >= 11 is 0. The number of aliphatic hydroxyl groups excluding tert-OH is 1. The molecule has 0 spiro atoms. The number of aliphatic hydroxyl groups is 1. The molecule has 3 nitrogen and oxygen atoms in total. The van der Waals surface area contributed by atoms with E-state index in [0.717, 1.165) is 31.6 Å². The Labute approximate surface area is 121 Å². The number of benzene rings is 1. The first kappa shape index (κ1) is 16.3. The summed E-state index contributed by atoms with van der Waals surface area (Å²) < 4.78 is 5.64. The molecule has 0 radical (unpaired) electrons. The van der Waals surface area contributed by atoms with Gasteiger partial charge >= 0.3 is 0 Å². The van der Waals surface area contributed by atoms with Crippen LogP contribution in [0.4, 0.5) is 0 Å². The second kappa shape index (κ2) is 8.41. The molecule has 2 N–H and O–H groups in total. The molecule has 0 aromatic heterocycles. The standard InChI is InChI=1S/C15H23NO2.ClH/c1-12-6-8-13(9-7-12)18-11-10-16-14-4-2-3-5-15(14)17;/h6-9,14-17H,2-5,10-11H2,1H3;1H/t14-,15-;/m1./s1. The summed E-state index contributed by atoms with van der Waals surface area (Å²) in [6.07, 6.45) is 4.19. The minimum atomic E-state index is -0.182. The molecule has 1 fully saturated rings. The van der Waals surface area contributed by atoms with Gasteiger partial charge in [0.05, 0.1) is 6.10 Å². The van der Waals surface area contributed by atoms with Gasteiger partial charge in [0.15, 0.2) is 0 Å². The zero-order valence-electron chi connectivity index (χ0n) is 11.5. The second-order valence-corrected chi connectivity index (χ2v) is 5.07. The number of hydrogen-bond acceptors (Lipinski definition) is 3. The van der Waals surface area contributed by atoms with E-state index < -0.39 is 0 Å². The van der Waals surface area contributed by atoms with Gasteiger partial charge in [0, 0.05) is 12.6 Å². The Kier molecular flexibility index (Phi) is 7.21. The summed E-state index contributed by atoms with van der Waals surface area (Å²) in [5.74, 6) is 0.909. The fourth-order valence-corrected chi connectivity index (χ4v) is 2.40. The van der Waals surface area contributed by atoms with Crippen molar-refractivity contribution >= 4 is 12.4 Å². The van der Waals surface area contributed by atoms with Gasteiger partial charge in [-0.15, -0.1) is 12.4 Å². The van der Waals surface area contributed by atoms with Crippen molar-refractivity contribution in [3.63, 3.8) is 0 Å². The summed E-state index contributed by atoms with van der Waals surface area (Å²) in [7, 11) is 0. The molecule has 1 saturated carbocycles. The number of hydrogen-bond donors (Lipinski definition) is 2. The molecule has 1 aliphatic carbocycles. The van der Waals surface area contributed by atoms with Crippen LogP contribution in [0.15, 0.2) is 24.3 Å². The van der Waals surface area contributed by atoms with Gasteiger partial charge in [-0.2, -0.15) is 0 Å². The highest BCUT2D eigenvalue weighted by molar-refractivity contribution is 5.85. The molecule has 0 amide bonds. The van der Waals surface area contributed by atoms with Crippen molar-refractivity contribution in [3.8, 4) is 5.75 Å². The minimum Gasteiger partial charge on any atom is -0.492 e. The Morgan fingerprint density at radius 1 is 1.21 bits per heavy atom. The predicted octanol–water partition coefficient (Wildman–Crippen LogP) is 2.69. The van der Waals surface area contributed by atoms with E-state index in [0.29, 0.717) is 6.61 Å². The van der Waals surface area contributed by atoms with Crippen LogP contribution in [0.3, 0.4) is 0 Å². The van der Waals surface area contributed by atoms with Crippen molar-refractivity contribution in [2.75, 3.05) is 13.2 Å². The Balaban J connectivity index is 0.00000180. The van der Waals surface area contributed by atoms with E-state index in [1.165, 1.54) is 12.0 Å². The largest absolute Gasteiger partial charge is 0.492 e. The normalized spacial score (nSPS) is 22.6. The van der Waals surface area contributed by atoms with Gasteiger partial charge in [-0.25, -0.2) is 0 Å². The summed E-state index contributed by atoms with van der Waals surface area (Å²) in [6.45, 7) is 3.50. The lowest BCUT2D eigenvalue weighted by Gasteiger charge is -2.28. The van der Waals surface area contributed by atoms with Crippen LogP contribution in [0.2, 0.25) is 0 Å². The van der Waals surface area contributed by atoms with Gasteiger partial charge in [-0.05, 0) is 31.9 Å². The first-order valence-corrected chi connectivity index (χ1v) is 6.86. The van der Waals surface area contributed by atoms with E-state index in [4.69, 9.17) is 4.74 Å². The van der Waals surface area contributed by atoms with Gasteiger partial charge in [0.2, 0.25) is 0 Å². The van der Waals surface area contributed by atoms with Gasteiger partial charge in [0.1, 0.15) is 12.4 Å². The van der Waals surface area contributed by atoms with Gasteiger partial charge < -0.3 is 15.2 Å². The topological polar surface area (TPSA) is 41.5 Å². The first-order chi connectivity index (χ1) is 8.75. The molecule has 0 aliphatic heterocycles. The summed E-state index contributed by atoms with van der Waals surface area (Å²) in [5.41, 5.74) is 1.24. The Morgan fingerprint density at radius 2 is 1.89 bits per heavy atom. The maximum Gasteiger partial charge on any atom is 0.119 e. The van der Waals surface area contributed by atoms with Crippen LogP contribution in [0.25, 0.3) is 0 Å². The van der Waals surface area contributed by atoms with E-state index in [-0.39, 0.29) is 24.6 Å². The van der Waals surface area contributed by atoms with Crippen LogP contribution in [0.5, 0.6) is 5.75 Å². The van der Waals surface area contributed by atoms with E-state index in [2.05, 4.69) is 12.2 Å². The maximum absolute atomic E-state index is 9.81. The fraction of sp³-hybridized carbons (Fsp3) is 0.600. The molecule has 1 aliphatic rings. The zero-order valence-corrected chi connectivity index (χ0v) is 12.3. The highest BCUT2D eigenvalue weighted by Crippen LogP contribution is 2.18. The molecule has 0 bridgehead atoms. The number of rotatable bonds is 5. The highest BCUT2D eigenvalue weighted by Gasteiger charge is 2.21. The van der Waals surface area contributed by atoms with Crippen LogP contribution in [0, 0.1) is 6.92 Å². The van der Waals surface area contributed by atoms with E-state index in [9.17, 15) is 5.11 Å². The lowest BCUT2D eigenvalue weighted by atomic mass is 9.93. The molecule has 1 aromatic rings. The van der Waals surface area contributed by atoms with Crippen LogP contribution in [-0.2, 0) is 0 Å². The lowest BCUT2D eigenvalue weighted by Crippen LogP contribution is -2.43. The van der Waals surface area contributed by atoms with E-state index >= 15 is 0 Å². The molecular formula is C15H24ClNO2. The molecule has 19 heavy (non-hydrogen) atoms. The van der Waals surface area contributed by atoms with Gasteiger partial charge in [-0.1, -0.05) is 30.5 Å². The summed E-state index contributed by atoms with van der Waals surface area (Å²) in [5, 5.41) is 13.2. The average molecular weight is 286 g/mol. The van der Waals surface area contributed by atoms with Crippen molar-refractivity contribution in [1.82, 2.24) is 5.32 Å². The molecular weight excluding hydrogens is 262 g/mol.